The SMILES string of the molecule is COc1cc2c(Nc3ccc(C)c(Cl)c3Cl)ncnc2cc1OC[C@H]1C[C@@H]2CN(C)C[C@@H]2C1. The Bertz CT molecular complexity index is 1170. The highest BCUT2D eigenvalue weighted by molar-refractivity contribution is 6.44. The summed E-state index contributed by atoms with van der Waals surface area (Å²) in [6.45, 7) is 5.04. The molecule has 2 aromatic carbocycles. The van der Waals surface area contributed by atoms with Gasteiger partial charge in [-0.05, 0) is 62.3 Å². The molecule has 0 bridgehead atoms. The highest BCUT2D eigenvalue weighted by Crippen LogP contribution is 2.42. The number of nitrogens with zero attached hydrogens (tertiary/aromatic N) is 3. The molecule has 1 saturated heterocycles. The lowest BCUT2D eigenvalue weighted by atomic mass is 10.0. The fourth-order valence-electron chi connectivity index (χ4n) is 5.31. The van der Waals surface area contributed by atoms with Crippen molar-refractivity contribution in [3.05, 3.63) is 46.2 Å². The van der Waals surface area contributed by atoms with Gasteiger partial charge in [0.1, 0.15) is 12.1 Å². The van der Waals surface area contributed by atoms with Crippen molar-refractivity contribution in [2.24, 2.45) is 17.8 Å². The normalized spacial score (nSPS) is 22.5. The summed E-state index contributed by atoms with van der Waals surface area (Å²) >= 11 is 12.8. The van der Waals surface area contributed by atoms with Gasteiger partial charge in [0.25, 0.3) is 0 Å². The third-order valence-corrected chi connectivity index (χ3v) is 7.93. The maximum Gasteiger partial charge on any atom is 0.163 e. The Morgan fingerprint density at radius 1 is 1.06 bits per heavy atom. The molecule has 3 aromatic rings. The summed E-state index contributed by atoms with van der Waals surface area (Å²) < 4.78 is 11.9. The molecule has 0 radical (unpaired) electrons. The number of fused-ring (bicyclic) bond motifs is 2. The lowest BCUT2D eigenvalue weighted by Gasteiger charge is -2.18. The molecule has 3 atom stereocenters. The first-order chi connectivity index (χ1) is 15.9. The molecule has 2 aliphatic rings. The van der Waals surface area contributed by atoms with Gasteiger partial charge < -0.3 is 19.7 Å². The molecular weight excluding hydrogens is 459 g/mol. The molecule has 8 heteroatoms. The second kappa shape index (κ2) is 9.16. The van der Waals surface area contributed by atoms with Gasteiger partial charge in [-0.3, -0.25) is 0 Å². The van der Waals surface area contributed by atoms with E-state index >= 15 is 0 Å². The summed E-state index contributed by atoms with van der Waals surface area (Å²) in [6.07, 6.45) is 4.00. The Morgan fingerprint density at radius 3 is 2.55 bits per heavy atom. The number of benzene rings is 2. The number of aryl methyl sites for hydroxylation is 1. The van der Waals surface area contributed by atoms with Crippen LogP contribution in [0.5, 0.6) is 11.5 Å². The molecule has 1 N–H and O–H groups in total. The molecule has 0 amide bonds. The van der Waals surface area contributed by atoms with Crippen molar-refractivity contribution in [3.63, 3.8) is 0 Å². The van der Waals surface area contributed by atoms with E-state index in [1.54, 1.807) is 7.11 Å². The van der Waals surface area contributed by atoms with Crippen LogP contribution in [0.3, 0.4) is 0 Å². The molecule has 174 valence electrons. The van der Waals surface area contributed by atoms with Crippen LogP contribution in [0.15, 0.2) is 30.6 Å². The average molecular weight is 487 g/mol. The smallest absolute Gasteiger partial charge is 0.163 e. The van der Waals surface area contributed by atoms with Gasteiger partial charge in [-0.1, -0.05) is 29.3 Å². The lowest BCUT2D eigenvalue weighted by Crippen LogP contribution is -2.18. The monoisotopic (exact) mass is 486 g/mol. The first kappa shape index (κ1) is 22.5. The highest BCUT2D eigenvalue weighted by Gasteiger charge is 2.39. The van der Waals surface area contributed by atoms with E-state index in [1.807, 2.05) is 31.2 Å². The summed E-state index contributed by atoms with van der Waals surface area (Å²) in [5, 5.41) is 5.09. The van der Waals surface area contributed by atoms with Gasteiger partial charge in [0.15, 0.2) is 11.5 Å². The molecule has 0 unspecified atom stereocenters. The fraction of sp³-hybridized carbons (Fsp3) is 0.440. The third-order valence-electron chi connectivity index (χ3n) is 6.95. The Balaban J connectivity index is 1.37. The molecule has 33 heavy (non-hydrogen) atoms. The molecule has 5 rings (SSSR count). The van der Waals surface area contributed by atoms with Crippen LogP contribution in [0, 0.1) is 24.7 Å². The number of anilines is 2. The number of likely N-dealkylation sites (tertiary alicyclic amines) is 1. The molecule has 2 fully saturated rings. The molecule has 1 aromatic heterocycles. The van der Waals surface area contributed by atoms with Crippen LogP contribution in [0.2, 0.25) is 10.0 Å². The van der Waals surface area contributed by atoms with Crippen molar-refractivity contribution in [3.8, 4) is 11.5 Å². The minimum atomic E-state index is 0.461. The van der Waals surface area contributed by atoms with E-state index in [9.17, 15) is 0 Å². The van der Waals surface area contributed by atoms with E-state index < -0.39 is 0 Å². The zero-order valence-electron chi connectivity index (χ0n) is 19.1. The van der Waals surface area contributed by atoms with Gasteiger partial charge in [-0.2, -0.15) is 0 Å². The Labute approximate surface area is 204 Å². The number of aromatic nitrogens is 2. The Morgan fingerprint density at radius 2 is 1.82 bits per heavy atom. The first-order valence-electron chi connectivity index (χ1n) is 11.3. The van der Waals surface area contributed by atoms with Crippen molar-refractivity contribution in [2.45, 2.75) is 19.8 Å². The van der Waals surface area contributed by atoms with Gasteiger partial charge in [0.2, 0.25) is 0 Å². The first-order valence-corrected chi connectivity index (χ1v) is 12.0. The highest BCUT2D eigenvalue weighted by atomic mass is 35.5. The Kier molecular flexibility index (Phi) is 6.25. The van der Waals surface area contributed by atoms with Crippen molar-refractivity contribution in [2.75, 3.05) is 39.2 Å². The second-order valence-electron chi connectivity index (χ2n) is 9.32. The predicted molar refractivity (Wildman–Crippen MR) is 133 cm³/mol. The molecule has 1 aliphatic carbocycles. The van der Waals surface area contributed by atoms with Crippen LogP contribution in [-0.2, 0) is 0 Å². The third kappa shape index (κ3) is 4.44. The second-order valence-corrected chi connectivity index (χ2v) is 10.1. The number of nitrogens with one attached hydrogen (secondary N) is 1. The fourth-order valence-corrected chi connectivity index (χ4v) is 5.73. The molecule has 2 heterocycles. The summed E-state index contributed by atoms with van der Waals surface area (Å²) in [4.78, 5) is 11.3. The van der Waals surface area contributed by atoms with Gasteiger partial charge in [-0.15, -0.1) is 0 Å². The van der Waals surface area contributed by atoms with Crippen LogP contribution >= 0.6 is 23.2 Å². The minimum absolute atomic E-state index is 0.461. The lowest BCUT2D eigenvalue weighted by molar-refractivity contribution is 0.227. The van der Waals surface area contributed by atoms with E-state index in [2.05, 4.69) is 27.2 Å². The summed E-state index contributed by atoms with van der Waals surface area (Å²) in [7, 11) is 3.87. The number of methoxy groups -OCH3 is 1. The van der Waals surface area contributed by atoms with Gasteiger partial charge >= 0.3 is 0 Å². The average Bonchev–Trinajstić information content (AvgIpc) is 3.34. The van der Waals surface area contributed by atoms with Crippen molar-refractivity contribution >= 4 is 45.6 Å². The number of halogens is 2. The zero-order valence-corrected chi connectivity index (χ0v) is 20.6. The molecule has 0 spiro atoms. The molecule has 1 aliphatic heterocycles. The molecular formula is C25H28Cl2N4O2. The van der Waals surface area contributed by atoms with Crippen LogP contribution in [-0.4, -0.2) is 48.7 Å². The zero-order chi connectivity index (χ0) is 23.1. The van der Waals surface area contributed by atoms with E-state index in [0.29, 0.717) is 45.6 Å². The summed E-state index contributed by atoms with van der Waals surface area (Å²) in [5.74, 6) is 4.20. The standard InChI is InChI=1S/C25H28Cl2N4O2/c1-14-4-5-19(24(27)23(14)26)30-25-18-8-21(32-3)22(9-20(18)28-13-29-25)33-12-15-6-16-10-31(2)11-17(16)7-15/h4-5,8-9,13,15-17H,6-7,10-12H2,1-3H3,(H,28,29,30)/t15-,16+,17-. The van der Waals surface area contributed by atoms with Crippen LogP contribution in [0.4, 0.5) is 11.5 Å². The molecule has 1 saturated carbocycles. The van der Waals surface area contributed by atoms with Gasteiger partial charge in [-0.25, -0.2) is 9.97 Å². The quantitative estimate of drug-likeness (QED) is 0.463. The van der Waals surface area contributed by atoms with E-state index in [4.69, 9.17) is 32.7 Å². The number of ether oxygens (including phenoxy) is 2. The minimum Gasteiger partial charge on any atom is -0.493 e. The topological polar surface area (TPSA) is 59.5 Å². The summed E-state index contributed by atoms with van der Waals surface area (Å²) in [5.41, 5.74) is 2.37. The van der Waals surface area contributed by atoms with Crippen molar-refractivity contribution in [1.82, 2.24) is 14.9 Å². The number of rotatable bonds is 6. The molecule has 6 nitrogen and oxygen atoms in total. The van der Waals surface area contributed by atoms with Gasteiger partial charge in [0.05, 0.1) is 35.0 Å². The van der Waals surface area contributed by atoms with Crippen molar-refractivity contribution in [1.29, 1.82) is 0 Å². The maximum atomic E-state index is 6.44. The number of hydrogen-bond acceptors (Lipinski definition) is 6. The summed E-state index contributed by atoms with van der Waals surface area (Å²) in [6, 6.07) is 7.64. The van der Waals surface area contributed by atoms with Crippen LogP contribution < -0.4 is 14.8 Å². The number of hydrogen-bond donors (Lipinski definition) is 1. The van der Waals surface area contributed by atoms with Crippen molar-refractivity contribution < 1.29 is 9.47 Å². The predicted octanol–water partition coefficient (Wildman–Crippen LogP) is 5.96. The van der Waals surface area contributed by atoms with E-state index in [1.165, 1.54) is 32.3 Å². The van der Waals surface area contributed by atoms with Gasteiger partial charge in [0, 0.05) is 24.5 Å². The largest absolute Gasteiger partial charge is 0.493 e. The van der Waals surface area contributed by atoms with Crippen LogP contribution in [0.1, 0.15) is 18.4 Å². The maximum absolute atomic E-state index is 6.44. The van der Waals surface area contributed by atoms with E-state index in [0.717, 1.165) is 28.3 Å². The van der Waals surface area contributed by atoms with E-state index in [-0.39, 0.29) is 0 Å². The van der Waals surface area contributed by atoms with Crippen LogP contribution in [0.25, 0.3) is 10.9 Å². The Hall–Kier alpha value is -2.28.